The summed E-state index contributed by atoms with van der Waals surface area (Å²) in [5, 5.41) is -0.860. The van der Waals surface area contributed by atoms with Gasteiger partial charge in [-0.2, -0.15) is 0 Å². The van der Waals surface area contributed by atoms with E-state index in [4.69, 9.17) is 0 Å². The summed E-state index contributed by atoms with van der Waals surface area (Å²) in [7, 11) is -3.09. The van der Waals surface area contributed by atoms with Crippen molar-refractivity contribution in [2.75, 3.05) is 35.2 Å². The molecule has 112 valence electrons. The third-order valence-corrected chi connectivity index (χ3v) is 7.05. The Morgan fingerprint density at radius 1 is 1.20 bits per heavy atom. The van der Waals surface area contributed by atoms with Crippen LogP contribution in [-0.4, -0.2) is 47.7 Å². The number of hydrogen-bond acceptors (Lipinski definition) is 5. The zero-order chi connectivity index (χ0) is 15.0. The second-order valence-corrected chi connectivity index (χ2v) is 9.30. The Morgan fingerprint density at radius 2 is 1.80 bits per heavy atom. The molecule has 0 unspecified atom stereocenters. The molecule has 1 fully saturated rings. The third kappa shape index (κ3) is 3.43. The summed E-state index contributed by atoms with van der Waals surface area (Å²) >= 11 is 0. The molecule has 1 aliphatic heterocycles. The normalized spacial score (nSPS) is 21.6. The molecule has 0 amide bonds. The van der Waals surface area contributed by atoms with Gasteiger partial charge >= 0.3 is 0 Å². The molecule has 0 aromatic heterocycles. The van der Waals surface area contributed by atoms with Gasteiger partial charge in [-0.05, 0) is 30.7 Å². The lowest BCUT2D eigenvalue weighted by Crippen LogP contribution is -2.28. The number of sulfonamides is 1. The van der Waals surface area contributed by atoms with Gasteiger partial charge in [-0.1, -0.05) is 0 Å². The highest BCUT2D eigenvalue weighted by Gasteiger charge is 2.37. The van der Waals surface area contributed by atoms with Crippen molar-refractivity contribution in [2.24, 2.45) is 0 Å². The first kappa shape index (κ1) is 15.1. The van der Waals surface area contributed by atoms with Crippen molar-refractivity contribution in [3.63, 3.8) is 0 Å². The SMILES string of the molecule is CN(C)c1ccc(NS(=O)(=O)[C@@H]2CCS(=O)(=O)C2)cc1. The van der Waals surface area contributed by atoms with Crippen LogP contribution in [0.3, 0.4) is 0 Å². The van der Waals surface area contributed by atoms with Gasteiger partial charge in [0.1, 0.15) is 0 Å². The van der Waals surface area contributed by atoms with E-state index in [0.29, 0.717) is 5.69 Å². The molecule has 1 saturated heterocycles. The smallest absolute Gasteiger partial charge is 0.236 e. The van der Waals surface area contributed by atoms with E-state index >= 15 is 0 Å². The molecule has 1 aliphatic rings. The molecule has 0 aliphatic carbocycles. The van der Waals surface area contributed by atoms with E-state index in [0.717, 1.165) is 5.69 Å². The lowest BCUT2D eigenvalue weighted by atomic mass is 10.3. The van der Waals surface area contributed by atoms with Crippen LogP contribution in [0.1, 0.15) is 6.42 Å². The van der Waals surface area contributed by atoms with Crippen LogP contribution in [0.2, 0.25) is 0 Å². The fraction of sp³-hybridized carbons (Fsp3) is 0.500. The number of nitrogens with zero attached hydrogens (tertiary/aromatic N) is 1. The van der Waals surface area contributed by atoms with E-state index < -0.39 is 25.1 Å². The van der Waals surface area contributed by atoms with Crippen molar-refractivity contribution in [1.82, 2.24) is 0 Å². The maximum Gasteiger partial charge on any atom is 0.236 e. The third-order valence-electron chi connectivity index (χ3n) is 3.27. The Bertz CT molecular complexity index is 679. The van der Waals surface area contributed by atoms with Crippen LogP contribution in [0, 0.1) is 0 Å². The van der Waals surface area contributed by atoms with Gasteiger partial charge in [0, 0.05) is 25.5 Å². The summed E-state index contributed by atoms with van der Waals surface area (Å²) in [5.41, 5.74) is 1.40. The molecule has 0 spiro atoms. The van der Waals surface area contributed by atoms with E-state index in [2.05, 4.69) is 4.72 Å². The lowest BCUT2D eigenvalue weighted by Gasteiger charge is -2.15. The van der Waals surface area contributed by atoms with Crippen molar-refractivity contribution in [3.05, 3.63) is 24.3 Å². The van der Waals surface area contributed by atoms with Crippen molar-refractivity contribution in [2.45, 2.75) is 11.7 Å². The second kappa shape index (κ2) is 5.25. The zero-order valence-electron chi connectivity index (χ0n) is 11.4. The molecule has 8 heteroatoms. The fourth-order valence-corrected chi connectivity index (χ4v) is 6.17. The first-order valence-corrected chi connectivity index (χ1v) is 9.56. The highest BCUT2D eigenvalue weighted by atomic mass is 32.2. The summed E-state index contributed by atoms with van der Waals surface area (Å²) in [6, 6.07) is 6.92. The van der Waals surface area contributed by atoms with Gasteiger partial charge in [0.05, 0.1) is 16.8 Å². The fourth-order valence-electron chi connectivity index (χ4n) is 2.08. The van der Waals surface area contributed by atoms with Crippen molar-refractivity contribution in [3.8, 4) is 0 Å². The van der Waals surface area contributed by atoms with Crippen LogP contribution in [-0.2, 0) is 19.9 Å². The van der Waals surface area contributed by atoms with Crippen LogP contribution in [0.25, 0.3) is 0 Å². The molecule has 0 bridgehead atoms. The first-order chi connectivity index (χ1) is 9.20. The number of nitrogens with one attached hydrogen (secondary N) is 1. The molecule has 0 saturated carbocycles. The molecule has 1 aromatic carbocycles. The highest BCUT2D eigenvalue weighted by Crippen LogP contribution is 2.22. The van der Waals surface area contributed by atoms with Gasteiger partial charge in [-0.3, -0.25) is 4.72 Å². The monoisotopic (exact) mass is 318 g/mol. The quantitative estimate of drug-likeness (QED) is 0.882. The number of hydrogen-bond donors (Lipinski definition) is 1. The van der Waals surface area contributed by atoms with Gasteiger partial charge in [-0.15, -0.1) is 0 Å². The van der Waals surface area contributed by atoms with Gasteiger partial charge in [0.2, 0.25) is 10.0 Å². The zero-order valence-corrected chi connectivity index (χ0v) is 13.0. The van der Waals surface area contributed by atoms with Crippen LogP contribution >= 0.6 is 0 Å². The standard InChI is InChI=1S/C12H18N2O4S2/c1-14(2)11-5-3-10(4-6-11)13-20(17,18)12-7-8-19(15,16)9-12/h3-6,12-13H,7-9H2,1-2H3/t12-/m1/s1. The Labute approximate surface area is 119 Å². The summed E-state index contributed by atoms with van der Waals surface area (Å²) in [5.74, 6) is -0.351. The van der Waals surface area contributed by atoms with E-state index in [1.807, 2.05) is 19.0 Å². The number of rotatable bonds is 4. The summed E-state index contributed by atoms with van der Waals surface area (Å²) < 4.78 is 49.4. The van der Waals surface area contributed by atoms with E-state index in [-0.39, 0.29) is 17.9 Å². The van der Waals surface area contributed by atoms with E-state index in [1.165, 1.54) is 0 Å². The molecule has 2 rings (SSSR count). The molecule has 1 atom stereocenters. The molecule has 0 radical (unpaired) electrons. The molecular weight excluding hydrogens is 300 g/mol. The Morgan fingerprint density at radius 3 is 2.25 bits per heavy atom. The molecule has 20 heavy (non-hydrogen) atoms. The van der Waals surface area contributed by atoms with E-state index in [1.54, 1.807) is 24.3 Å². The number of benzene rings is 1. The van der Waals surface area contributed by atoms with Crippen molar-refractivity contribution in [1.29, 1.82) is 0 Å². The van der Waals surface area contributed by atoms with Crippen molar-refractivity contribution < 1.29 is 16.8 Å². The summed E-state index contributed by atoms with van der Waals surface area (Å²) in [6.45, 7) is 0. The van der Waals surface area contributed by atoms with Crippen LogP contribution < -0.4 is 9.62 Å². The molecule has 1 aromatic rings. The number of sulfone groups is 1. The first-order valence-electron chi connectivity index (χ1n) is 6.19. The van der Waals surface area contributed by atoms with Gasteiger partial charge in [0.15, 0.2) is 9.84 Å². The van der Waals surface area contributed by atoms with E-state index in [9.17, 15) is 16.8 Å². The molecular formula is C12H18N2O4S2. The predicted molar refractivity (Wildman–Crippen MR) is 80.4 cm³/mol. The number of anilines is 2. The van der Waals surface area contributed by atoms with Crippen molar-refractivity contribution >= 4 is 31.2 Å². The minimum absolute atomic E-state index is 0.0574. The van der Waals surface area contributed by atoms with Gasteiger partial charge < -0.3 is 4.90 Å². The van der Waals surface area contributed by atoms with Gasteiger partial charge in [0.25, 0.3) is 0 Å². The average molecular weight is 318 g/mol. The second-order valence-electron chi connectivity index (χ2n) is 5.11. The minimum atomic E-state index is -3.66. The predicted octanol–water partition coefficient (Wildman–Crippen LogP) is 0.681. The molecule has 1 heterocycles. The maximum absolute atomic E-state index is 12.1. The van der Waals surface area contributed by atoms with Crippen LogP contribution in [0.4, 0.5) is 11.4 Å². The molecule has 6 nitrogen and oxygen atoms in total. The Kier molecular flexibility index (Phi) is 3.97. The highest BCUT2D eigenvalue weighted by molar-refractivity contribution is 7.97. The summed E-state index contributed by atoms with van der Waals surface area (Å²) in [4.78, 5) is 1.90. The lowest BCUT2D eigenvalue weighted by molar-refractivity contribution is 0.587. The molecule has 1 N–H and O–H groups in total. The average Bonchev–Trinajstić information content (AvgIpc) is 2.70. The topological polar surface area (TPSA) is 83.6 Å². The van der Waals surface area contributed by atoms with Crippen LogP contribution in [0.15, 0.2) is 24.3 Å². The minimum Gasteiger partial charge on any atom is -0.378 e. The van der Waals surface area contributed by atoms with Crippen LogP contribution in [0.5, 0.6) is 0 Å². The maximum atomic E-state index is 12.1. The summed E-state index contributed by atoms with van der Waals surface area (Å²) in [6.07, 6.45) is 0.160. The largest absolute Gasteiger partial charge is 0.378 e. The Hall–Kier alpha value is -1.28. The Balaban J connectivity index is 2.13. The van der Waals surface area contributed by atoms with Gasteiger partial charge in [-0.25, -0.2) is 16.8 Å².